The van der Waals surface area contributed by atoms with Crippen LogP contribution < -0.4 is 5.32 Å². The monoisotopic (exact) mass is 336 g/mol. The van der Waals surface area contributed by atoms with Crippen molar-refractivity contribution in [3.63, 3.8) is 0 Å². The van der Waals surface area contributed by atoms with Crippen LogP contribution in [0.3, 0.4) is 0 Å². The lowest BCUT2D eigenvalue weighted by molar-refractivity contribution is 1.09. The highest BCUT2D eigenvalue weighted by Crippen LogP contribution is 2.31. The highest BCUT2D eigenvalue weighted by atomic mass is 32.1. The molecule has 0 radical (unpaired) electrons. The minimum atomic E-state index is 0.700. The second kappa shape index (κ2) is 5.68. The molecule has 7 heteroatoms. The molecule has 2 N–H and O–H groups in total. The van der Waals surface area contributed by atoms with E-state index in [9.17, 15) is 0 Å². The molecule has 4 aromatic rings. The number of thiazole rings is 1. The van der Waals surface area contributed by atoms with Crippen LogP contribution in [0.4, 0.5) is 10.9 Å². The second-order valence-electron chi connectivity index (χ2n) is 5.77. The SMILES string of the molecule is Cc1cc(C)c(-c2csc(Nc3ncnc4[nH]ncc34)n2)cc1C. The molecular weight excluding hydrogens is 320 g/mol. The first-order chi connectivity index (χ1) is 11.6. The predicted octanol–water partition coefficient (Wildman–Crippen LogP) is 4.15. The van der Waals surface area contributed by atoms with Gasteiger partial charge in [0.05, 0.1) is 17.3 Å². The molecule has 0 bridgehead atoms. The normalized spacial score (nSPS) is 11.1. The van der Waals surface area contributed by atoms with Gasteiger partial charge in [-0.3, -0.25) is 5.10 Å². The molecule has 1 aromatic carbocycles. The molecule has 0 aliphatic rings. The molecule has 0 atom stereocenters. The van der Waals surface area contributed by atoms with E-state index in [1.807, 2.05) is 0 Å². The van der Waals surface area contributed by atoms with E-state index in [0.717, 1.165) is 16.2 Å². The molecule has 0 aliphatic carbocycles. The number of nitrogens with one attached hydrogen (secondary N) is 2. The third-order valence-electron chi connectivity index (χ3n) is 4.09. The lowest BCUT2D eigenvalue weighted by Crippen LogP contribution is -1.95. The zero-order valence-electron chi connectivity index (χ0n) is 13.6. The number of hydrogen-bond acceptors (Lipinski definition) is 6. The number of rotatable bonds is 3. The van der Waals surface area contributed by atoms with Crippen LogP contribution in [0.25, 0.3) is 22.3 Å². The van der Waals surface area contributed by atoms with Gasteiger partial charge in [-0.05, 0) is 43.5 Å². The zero-order valence-corrected chi connectivity index (χ0v) is 14.4. The van der Waals surface area contributed by atoms with Gasteiger partial charge in [-0.25, -0.2) is 15.0 Å². The molecule has 0 unspecified atom stereocenters. The molecule has 0 saturated heterocycles. The molecule has 0 aliphatic heterocycles. The number of aromatic amines is 1. The minimum absolute atomic E-state index is 0.700. The lowest BCUT2D eigenvalue weighted by atomic mass is 9.99. The summed E-state index contributed by atoms with van der Waals surface area (Å²) in [5, 5.41) is 13.8. The topological polar surface area (TPSA) is 79.4 Å². The summed E-state index contributed by atoms with van der Waals surface area (Å²) < 4.78 is 0. The number of aromatic nitrogens is 5. The number of nitrogens with zero attached hydrogens (tertiary/aromatic N) is 4. The summed E-state index contributed by atoms with van der Waals surface area (Å²) in [6.45, 7) is 6.37. The number of benzene rings is 1. The Labute approximate surface area is 143 Å². The first-order valence-corrected chi connectivity index (χ1v) is 8.44. The van der Waals surface area contributed by atoms with Crippen molar-refractivity contribution < 1.29 is 0 Å². The maximum absolute atomic E-state index is 4.71. The Hall–Kier alpha value is -2.80. The van der Waals surface area contributed by atoms with Gasteiger partial charge in [-0.2, -0.15) is 5.10 Å². The van der Waals surface area contributed by atoms with E-state index < -0.39 is 0 Å². The van der Waals surface area contributed by atoms with Crippen molar-refractivity contribution >= 4 is 33.3 Å². The molecule has 24 heavy (non-hydrogen) atoms. The van der Waals surface area contributed by atoms with Crippen LogP contribution in [0.5, 0.6) is 0 Å². The largest absolute Gasteiger partial charge is 0.315 e. The molecule has 120 valence electrons. The van der Waals surface area contributed by atoms with Gasteiger partial charge in [0.1, 0.15) is 12.1 Å². The van der Waals surface area contributed by atoms with E-state index >= 15 is 0 Å². The fourth-order valence-corrected chi connectivity index (χ4v) is 3.37. The first-order valence-electron chi connectivity index (χ1n) is 7.56. The van der Waals surface area contributed by atoms with E-state index in [4.69, 9.17) is 4.98 Å². The maximum Gasteiger partial charge on any atom is 0.188 e. The third kappa shape index (κ3) is 2.52. The highest BCUT2D eigenvalue weighted by molar-refractivity contribution is 7.14. The fraction of sp³-hybridized carbons (Fsp3) is 0.176. The van der Waals surface area contributed by atoms with Crippen molar-refractivity contribution in [2.24, 2.45) is 0 Å². The number of H-pyrrole nitrogens is 1. The first kappa shape index (κ1) is 14.8. The van der Waals surface area contributed by atoms with E-state index in [0.29, 0.717) is 11.5 Å². The average molecular weight is 336 g/mol. The second-order valence-corrected chi connectivity index (χ2v) is 6.63. The van der Waals surface area contributed by atoms with Gasteiger partial charge in [0, 0.05) is 10.9 Å². The van der Waals surface area contributed by atoms with Gasteiger partial charge < -0.3 is 5.32 Å². The molecule has 4 rings (SSSR count). The molecule has 0 fully saturated rings. The number of anilines is 2. The van der Waals surface area contributed by atoms with Crippen molar-refractivity contribution in [1.82, 2.24) is 25.1 Å². The lowest BCUT2D eigenvalue weighted by Gasteiger charge is -2.07. The molecule has 0 amide bonds. The van der Waals surface area contributed by atoms with Crippen LogP contribution >= 0.6 is 11.3 Å². The average Bonchev–Trinajstić information content (AvgIpc) is 3.20. The maximum atomic E-state index is 4.71. The van der Waals surface area contributed by atoms with Gasteiger partial charge in [0.25, 0.3) is 0 Å². The van der Waals surface area contributed by atoms with Crippen molar-refractivity contribution in [2.75, 3.05) is 5.32 Å². The van der Waals surface area contributed by atoms with Crippen LogP contribution in [0.1, 0.15) is 16.7 Å². The Kier molecular flexibility index (Phi) is 3.50. The molecule has 3 aromatic heterocycles. The van der Waals surface area contributed by atoms with Crippen molar-refractivity contribution in [3.05, 3.63) is 46.7 Å². The Morgan fingerprint density at radius 3 is 2.75 bits per heavy atom. The van der Waals surface area contributed by atoms with Gasteiger partial charge in [0.2, 0.25) is 0 Å². The van der Waals surface area contributed by atoms with E-state index in [1.165, 1.54) is 28.6 Å². The van der Waals surface area contributed by atoms with Crippen LogP contribution in [-0.2, 0) is 0 Å². The van der Waals surface area contributed by atoms with Gasteiger partial charge in [-0.15, -0.1) is 11.3 Å². The summed E-state index contributed by atoms with van der Waals surface area (Å²) >= 11 is 1.56. The molecule has 3 heterocycles. The summed E-state index contributed by atoms with van der Waals surface area (Å²) in [6.07, 6.45) is 3.21. The van der Waals surface area contributed by atoms with Crippen molar-refractivity contribution in [3.8, 4) is 11.3 Å². The molecule has 6 nitrogen and oxygen atoms in total. The molecule has 0 spiro atoms. The van der Waals surface area contributed by atoms with Gasteiger partial charge in [0.15, 0.2) is 10.8 Å². The van der Waals surface area contributed by atoms with E-state index in [-0.39, 0.29) is 0 Å². The Morgan fingerprint density at radius 2 is 1.88 bits per heavy atom. The summed E-state index contributed by atoms with van der Waals surface area (Å²) in [4.78, 5) is 13.1. The van der Waals surface area contributed by atoms with E-state index in [1.54, 1.807) is 17.5 Å². The Morgan fingerprint density at radius 1 is 1.04 bits per heavy atom. The Bertz CT molecular complexity index is 1030. The summed E-state index contributed by atoms with van der Waals surface area (Å²) in [7, 11) is 0. The molecular formula is C17H16N6S. The van der Waals surface area contributed by atoms with Crippen LogP contribution in [-0.4, -0.2) is 25.1 Å². The van der Waals surface area contributed by atoms with Gasteiger partial charge >= 0.3 is 0 Å². The number of aryl methyl sites for hydroxylation is 3. The standard InChI is InChI=1S/C17H16N6S/c1-9-4-11(3)12(5-10(9)2)14-7-24-17(21-14)22-15-13-6-20-23-16(13)19-8-18-15/h4-8H,1-3H3,(H2,18,19,20,21,22,23). The summed E-state index contributed by atoms with van der Waals surface area (Å²) in [5.74, 6) is 0.700. The molecule has 0 saturated carbocycles. The summed E-state index contributed by atoms with van der Waals surface area (Å²) in [6, 6.07) is 4.40. The van der Waals surface area contributed by atoms with Crippen LogP contribution in [0, 0.1) is 20.8 Å². The highest BCUT2D eigenvalue weighted by Gasteiger charge is 2.11. The smallest absolute Gasteiger partial charge is 0.188 e. The number of fused-ring (bicyclic) bond motifs is 1. The van der Waals surface area contributed by atoms with Crippen LogP contribution in [0.2, 0.25) is 0 Å². The number of hydrogen-bond donors (Lipinski definition) is 2. The van der Waals surface area contributed by atoms with E-state index in [2.05, 4.69) is 63.8 Å². The Balaban J connectivity index is 1.68. The minimum Gasteiger partial charge on any atom is -0.315 e. The predicted molar refractivity (Wildman–Crippen MR) is 96.7 cm³/mol. The van der Waals surface area contributed by atoms with Gasteiger partial charge in [-0.1, -0.05) is 6.07 Å². The quantitative estimate of drug-likeness (QED) is 0.587. The fourth-order valence-electron chi connectivity index (χ4n) is 2.66. The van der Waals surface area contributed by atoms with Crippen LogP contribution in [0.15, 0.2) is 30.0 Å². The van der Waals surface area contributed by atoms with Crippen molar-refractivity contribution in [1.29, 1.82) is 0 Å². The summed E-state index contributed by atoms with van der Waals surface area (Å²) in [5.41, 5.74) is 6.64. The third-order valence-corrected chi connectivity index (χ3v) is 4.85. The zero-order chi connectivity index (χ0) is 16.7. The van der Waals surface area contributed by atoms with Crippen molar-refractivity contribution in [2.45, 2.75) is 20.8 Å².